The lowest BCUT2D eigenvalue weighted by molar-refractivity contribution is -0.146. The van der Waals surface area contributed by atoms with Crippen molar-refractivity contribution in [3.05, 3.63) is 88.0 Å². The molecule has 3 rings (SSSR count). The van der Waals surface area contributed by atoms with Crippen molar-refractivity contribution in [2.75, 3.05) is 0 Å². The van der Waals surface area contributed by atoms with Crippen molar-refractivity contribution in [1.29, 1.82) is 0 Å². The maximum absolute atomic E-state index is 13.5. The summed E-state index contributed by atoms with van der Waals surface area (Å²) in [6, 6.07) is 12.5. The van der Waals surface area contributed by atoms with Crippen LogP contribution >= 0.6 is 0 Å². The molecule has 27 heavy (non-hydrogen) atoms. The first-order valence-electron chi connectivity index (χ1n) is 7.91. The monoisotopic (exact) mass is 367 g/mol. The minimum Gasteiger partial charge on any atom is -0.507 e. The first-order valence-corrected chi connectivity index (χ1v) is 7.91. The molecule has 0 fully saturated rings. The zero-order chi connectivity index (χ0) is 19.6. The van der Waals surface area contributed by atoms with Crippen LogP contribution in [0.2, 0.25) is 0 Å². The van der Waals surface area contributed by atoms with Gasteiger partial charge in [0.15, 0.2) is 5.43 Å². The molecule has 0 aliphatic carbocycles. The number of aliphatic hydroxyl groups excluding tert-OH is 1. The molecule has 0 amide bonds. The maximum atomic E-state index is 13.5. The first-order chi connectivity index (χ1) is 12.9. The standard InChI is InChI=1S/C20H14FNO5/c21-13-5-3-4-12(8-13)10-22-11-15(17(23)9-18(24)20(26)27)19(25)14-6-1-2-7-16(14)22/h1-9,11,23H,10H2,(H,26,27). The van der Waals surface area contributed by atoms with Crippen molar-refractivity contribution in [2.45, 2.75) is 6.54 Å². The van der Waals surface area contributed by atoms with Crippen LogP contribution in [0.1, 0.15) is 11.1 Å². The van der Waals surface area contributed by atoms with E-state index in [0.717, 1.165) is 0 Å². The Bertz CT molecular complexity index is 1150. The predicted octanol–water partition coefficient (Wildman–Crippen LogP) is 2.74. The molecule has 6 nitrogen and oxygen atoms in total. The number of halogens is 1. The van der Waals surface area contributed by atoms with Crippen molar-refractivity contribution in [3.8, 4) is 0 Å². The topological polar surface area (TPSA) is 96.6 Å². The molecule has 0 bridgehead atoms. The van der Waals surface area contributed by atoms with Gasteiger partial charge in [-0.05, 0) is 29.8 Å². The number of carboxylic acid groups (broad SMARTS) is 1. The minimum atomic E-state index is -1.75. The van der Waals surface area contributed by atoms with Crippen LogP contribution in [0.3, 0.4) is 0 Å². The van der Waals surface area contributed by atoms with E-state index < -0.39 is 28.8 Å². The predicted molar refractivity (Wildman–Crippen MR) is 97.0 cm³/mol. The Kier molecular flexibility index (Phi) is 4.85. The van der Waals surface area contributed by atoms with E-state index in [1.807, 2.05) is 0 Å². The fourth-order valence-electron chi connectivity index (χ4n) is 2.75. The van der Waals surface area contributed by atoms with Gasteiger partial charge in [-0.1, -0.05) is 24.3 Å². The van der Waals surface area contributed by atoms with Gasteiger partial charge in [-0.2, -0.15) is 0 Å². The Hall–Kier alpha value is -3.74. The lowest BCUT2D eigenvalue weighted by atomic mass is 10.1. The molecule has 0 aliphatic rings. The van der Waals surface area contributed by atoms with Gasteiger partial charge in [-0.3, -0.25) is 9.59 Å². The maximum Gasteiger partial charge on any atom is 0.376 e. The van der Waals surface area contributed by atoms with Crippen molar-refractivity contribution < 1.29 is 24.2 Å². The molecule has 0 saturated carbocycles. The number of fused-ring (bicyclic) bond motifs is 1. The van der Waals surface area contributed by atoms with E-state index in [-0.39, 0.29) is 17.5 Å². The van der Waals surface area contributed by atoms with Gasteiger partial charge in [-0.15, -0.1) is 0 Å². The van der Waals surface area contributed by atoms with Crippen LogP contribution in [0, 0.1) is 5.82 Å². The van der Waals surface area contributed by atoms with Gasteiger partial charge in [0.2, 0.25) is 0 Å². The Morgan fingerprint density at radius 3 is 2.52 bits per heavy atom. The van der Waals surface area contributed by atoms with Crippen LogP contribution < -0.4 is 5.43 Å². The second-order valence-corrected chi connectivity index (χ2v) is 5.85. The van der Waals surface area contributed by atoms with Gasteiger partial charge in [-0.25, -0.2) is 9.18 Å². The van der Waals surface area contributed by atoms with Gasteiger partial charge in [0.05, 0.1) is 11.1 Å². The van der Waals surface area contributed by atoms with E-state index in [0.29, 0.717) is 17.2 Å². The average Bonchev–Trinajstić information content (AvgIpc) is 2.64. The summed E-state index contributed by atoms with van der Waals surface area (Å²) < 4.78 is 15.1. The molecule has 0 saturated heterocycles. The number of para-hydroxylation sites is 1. The lowest BCUT2D eigenvalue weighted by Crippen LogP contribution is -2.16. The van der Waals surface area contributed by atoms with Crippen LogP contribution in [-0.4, -0.2) is 26.5 Å². The van der Waals surface area contributed by atoms with Crippen LogP contribution in [0.5, 0.6) is 0 Å². The minimum absolute atomic E-state index is 0.200. The third-order valence-electron chi connectivity index (χ3n) is 3.98. The highest BCUT2D eigenvalue weighted by Crippen LogP contribution is 2.17. The van der Waals surface area contributed by atoms with Crippen molar-refractivity contribution in [1.82, 2.24) is 4.57 Å². The smallest absolute Gasteiger partial charge is 0.376 e. The number of hydrogen-bond acceptors (Lipinski definition) is 4. The molecule has 136 valence electrons. The number of ketones is 1. The summed E-state index contributed by atoms with van der Waals surface area (Å²) in [5.74, 6) is -4.25. The third-order valence-corrected chi connectivity index (χ3v) is 3.98. The highest BCUT2D eigenvalue weighted by molar-refractivity contribution is 6.38. The molecule has 2 aromatic carbocycles. The van der Waals surface area contributed by atoms with E-state index in [2.05, 4.69) is 0 Å². The molecule has 0 aliphatic heterocycles. The number of aliphatic carboxylic acids is 1. The number of rotatable bonds is 5. The van der Waals surface area contributed by atoms with Gasteiger partial charge < -0.3 is 14.8 Å². The lowest BCUT2D eigenvalue weighted by Gasteiger charge is -2.13. The van der Waals surface area contributed by atoms with Crippen molar-refractivity contribution in [3.63, 3.8) is 0 Å². The highest BCUT2D eigenvalue weighted by atomic mass is 19.1. The second-order valence-electron chi connectivity index (χ2n) is 5.85. The summed E-state index contributed by atoms with van der Waals surface area (Å²) in [5.41, 5.74) is 0.403. The molecular formula is C20H14FNO5. The van der Waals surface area contributed by atoms with E-state index in [9.17, 15) is 23.9 Å². The first kappa shape index (κ1) is 18.1. The Labute approximate surface area is 152 Å². The molecule has 0 spiro atoms. The Balaban J connectivity index is 2.19. The summed E-state index contributed by atoms with van der Waals surface area (Å²) >= 11 is 0. The molecule has 3 aromatic rings. The number of aliphatic hydroxyl groups is 1. The fraction of sp³-hybridized carbons (Fsp3) is 0.0500. The molecule has 1 aromatic heterocycles. The number of benzene rings is 2. The van der Waals surface area contributed by atoms with E-state index in [4.69, 9.17) is 5.11 Å². The zero-order valence-electron chi connectivity index (χ0n) is 13.9. The fourth-order valence-corrected chi connectivity index (χ4v) is 2.75. The van der Waals surface area contributed by atoms with Crippen molar-refractivity contribution >= 4 is 28.4 Å². The van der Waals surface area contributed by atoms with Crippen LogP contribution in [-0.2, 0) is 16.1 Å². The molecule has 7 heteroatoms. The molecular weight excluding hydrogens is 353 g/mol. The number of carbonyl (C=O) groups is 2. The average molecular weight is 367 g/mol. The molecule has 2 N–H and O–H groups in total. The summed E-state index contributed by atoms with van der Waals surface area (Å²) in [4.78, 5) is 34.7. The number of carbonyl (C=O) groups excluding carboxylic acids is 1. The van der Waals surface area contributed by atoms with E-state index in [1.54, 1.807) is 41.0 Å². The highest BCUT2D eigenvalue weighted by Gasteiger charge is 2.16. The van der Waals surface area contributed by atoms with Crippen molar-refractivity contribution in [2.24, 2.45) is 0 Å². The summed E-state index contributed by atoms with van der Waals surface area (Å²) in [5, 5.41) is 19.1. The van der Waals surface area contributed by atoms with Gasteiger partial charge in [0.1, 0.15) is 11.6 Å². The molecule has 1 heterocycles. The van der Waals surface area contributed by atoms with Gasteiger partial charge in [0.25, 0.3) is 5.78 Å². The molecule has 0 radical (unpaired) electrons. The second kappa shape index (κ2) is 7.25. The number of pyridine rings is 1. The van der Waals surface area contributed by atoms with E-state index in [1.165, 1.54) is 18.3 Å². The van der Waals surface area contributed by atoms with Crippen LogP contribution in [0.4, 0.5) is 4.39 Å². The van der Waals surface area contributed by atoms with Crippen LogP contribution in [0.15, 0.2) is 65.6 Å². The molecule has 0 unspecified atom stereocenters. The normalized spacial score (nSPS) is 11.5. The Morgan fingerprint density at radius 2 is 1.81 bits per heavy atom. The summed E-state index contributed by atoms with van der Waals surface area (Å²) in [6.45, 7) is 0.200. The Morgan fingerprint density at radius 1 is 1.07 bits per heavy atom. The van der Waals surface area contributed by atoms with Gasteiger partial charge >= 0.3 is 5.97 Å². The number of hydrogen-bond donors (Lipinski definition) is 2. The largest absolute Gasteiger partial charge is 0.507 e. The van der Waals surface area contributed by atoms with Gasteiger partial charge in [0, 0.05) is 24.2 Å². The summed E-state index contributed by atoms with van der Waals surface area (Å²) in [6.07, 6.45) is 1.80. The quantitative estimate of drug-likeness (QED) is 0.411. The summed E-state index contributed by atoms with van der Waals surface area (Å²) in [7, 11) is 0. The number of aromatic nitrogens is 1. The SMILES string of the molecule is O=C(O)C(=O)C=C(O)c1cn(Cc2cccc(F)c2)c2ccccc2c1=O. The third kappa shape index (κ3) is 3.77. The zero-order valence-corrected chi connectivity index (χ0v) is 13.9. The van der Waals surface area contributed by atoms with E-state index >= 15 is 0 Å². The number of nitrogens with zero attached hydrogens (tertiary/aromatic N) is 1. The number of carboxylic acids is 1. The van der Waals surface area contributed by atoms with Crippen LogP contribution in [0.25, 0.3) is 16.7 Å². The molecule has 0 atom stereocenters.